The first-order chi connectivity index (χ1) is 2.77. The summed E-state index contributed by atoms with van der Waals surface area (Å²) in [6, 6.07) is 0. The van der Waals surface area contributed by atoms with Gasteiger partial charge in [0.2, 0.25) is 10.3 Å². The predicted octanol–water partition coefficient (Wildman–Crippen LogP) is -0.0586. The third kappa shape index (κ3) is 4.22. The van der Waals surface area contributed by atoms with E-state index in [4.69, 9.17) is 0 Å². The smallest absolute Gasteiger partial charge is 0.222 e. The van der Waals surface area contributed by atoms with Gasteiger partial charge in [0.05, 0.1) is 0 Å². The molecule has 0 atom stereocenters. The number of hydrogen-bond acceptors (Lipinski definition) is 3. The second-order valence-corrected chi connectivity index (χ2v) is 3.17. The molecule has 0 saturated heterocycles. The molecule has 0 bridgehead atoms. The molecule has 0 saturated carbocycles. The fourth-order valence-corrected chi connectivity index (χ4v) is 0.598. The van der Waals surface area contributed by atoms with Gasteiger partial charge in [0.25, 0.3) is 0 Å². The van der Waals surface area contributed by atoms with E-state index in [-0.39, 0.29) is 0 Å². The van der Waals surface area contributed by atoms with Crippen LogP contribution in [-0.2, 0) is 13.4 Å². The fourth-order valence-electron chi connectivity index (χ4n) is 0.0297. The van der Waals surface area contributed by atoms with E-state index < -0.39 is 31.5 Å². The van der Waals surface area contributed by atoms with Gasteiger partial charge >= 0.3 is 0 Å². The zero-order valence-corrected chi connectivity index (χ0v) is 5.56. The van der Waals surface area contributed by atoms with Crippen LogP contribution in [-0.4, -0.2) is 11.8 Å². The van der Waals surface area contributed by atoms with Crippen molar-refractivity contribution >= 4 is 34.9 Å². The second-order valence-electron chi connectivity index (χ2n) is 0.439. The molecule has 0 aromatic carbocycles. The standard InChI is InChI=1S/CHIO3S/c3-2-1-6(4)5/h1H. The summed E-state index contributed by atoms with van der Waals surface area (Å²) < 4.78 is 28.9. The van der Waals surface area contributed by atoms with Crippen LogP contribution in [0.2, 0.25) is 0 Å². The maximum atomic E-state index is 9.40. The summed E-state index contributed by atoms with van der Waals surface area (Å²) in [4.78, 5) is 0. The van der Waals surface area contributed by atoms with Gasteiger partial charge in [-0.15, -0.1) is 0 Å². The summed E-state index contributed by atoms with van der Waals surface area (Å²) >= 11 is -1.42. The topological polar surface area (TPSA) is 51.2 Å². The van der Waals surface area contributed by atoms with E-state index in [1.165, 1.54) is 0 Å². The van der Waals surface area contributed by atoms with Crippen LogP contribution >= 0.6 is 21.2 Å². The minimum Gasteiger partial charge on any atom is -0.265 e. The van der Waals surface area contributed by atoms with Gasteiger partial charge in [0.1, 0.15) is 3.37 Å². The summed E-state index contributed by atoms with van der Waals surface area (Å²) in [6.07, 6.45) is 0. The van der Waals surface area contributed by atoms with Gasteiger partial charge in [-0.2, -0.15) is 8.42 Å². The van der Waals surface area contributed by atoms with E-state index in [0.717, 1.165) is 3.37 Å². The average Bonchev–Trinajstić information content (AvgIpc) is 1.35. The molecule has 0 spiro atoms. The third-order valence-corrected chi connectivity index (χ3v) is 2.20. The molecule has 0 radical (unpaired) electrons. The lowest BCUT2D eigenvalue weighted by Crippen LogP contribution is -1.51. The normalized spacial score (nSPS) is 7.33. The minimum atomic E-state index is -2.20. The highest BCUT2D eigenvalue weighted by Gasteiger charge is 1.61. The molecule has 0 aliphatic rings. The van der Waals surface area contributed by atoms with E-state index in [9.17, 15) is 11.5 Å². The molecule has 0 fully saturated rings. The van der Waals surface area contributed by atoms with Crippen molar-refractivity contribution in [2.75, 3.05) is 0 Å². The molecule has 0 unspecified atom stereocenters. The molecule has 0 aromatic heterocycles. The Balaban J connectivity index is 4.17. The average molecular weight is 220 g/mol. The van der Waals surface area contributed by atoms with E-state index in [1.807, 2.05) is 0 Å². The first-order valence-corrected chi connectivity index (χ1v) is 4.21. The highest BCUT2D eigenvalue weighted by Crippen LogP contribution is 1.76. The third-order valence-electron chi connectivity index (χ3n) is 0.109. The van der Waals surface area contributed by atoms with Crippen LogP contribution in [0.25, 0.3) is 0 Å². The SMILES string of the molecule is O=IC=S(=O)=O. The molecule has 0 aromatic rings. The predicted molar refractivity (Wildman–Crippen MR) is 29.7 cm³/mol. The van der Waals surface area contributed by atoms with Crippen molar-refractivity contribution < 1.29 is 11.5 Å². The van der Waals surface area contributed by atoms with Crippen LogP contribution in [0.3, 0.4) is 0 Å². The number of rotatable bonds is 1. The van der Waals surface area contributed by atoms with Gasteiger partial charge in [-0.3, -0.25) is 3.07 Å². The van der Waals surface area contributed by atoms with Crippen molar-refractivity contribution in [3.8, 4) is 0 Å². The zero-order chi connectivity index (χ0) is 4.99. The molecule has 0 amide bonds. The molecule has 0 rings (SSSR count). The molecule has 3 nitrogen and oxygen atoms in total. The van der Waals surface area contributed by atoms with Crippen molar-refractivity contribution in [1.82, 2.24) is 0 Å². The van der Waals surface area contributed by atoms with Crippen LogP contribution in [0.1, 0.15) is 0 Å². The van der Waals surface area contributed by atoms with Crippen LogP contribution in [0, 0.1) is 0 Å². The van der Waals surface area contributed by atoms with Crippen molar-refractivity contribution in [1.29, 1.82) is 0 Å². The molecular weight excluding hydrogens is 219 g/mol. The van der Waals surface area contributed by atoms with E-state index in [1.54, 1.807) is 0 Å². The molecule has 0 heterocycles. The summed E-state index contributed by atoms with van der Waals surface area (Å²) in [6.45, 7) is 0. The van der Waals surface area contributed by atoms with Crippen molar-refractivity contribution in [3.05, 3.63) is 0 Å². The first kappa shape index (κ1) is 6.22. The van der Waals surface area contributed by atoms with Gasteiger partial charge in [0.15, 0.2) is 21.2 Å². The Morgan fingerprint density at radius 2 is 2.00 bits per heavy atom. The summed E-state index contributed by atoms with van der Waals surface area (Å²) in [5.74, 6) is 0. The van der Waals surface area contributed by atoms with Crippen LogP contribution in [0.4, 0.5) is 0 Å². The van der Waals surface area contributed by atoms with E-state index in [2.05, 4.69) is 0 Å². The Hall–Kier alpha value is 0.220. The van der Waals surface area contributed by atoms with Gasteiger partial charge in [-0.1, -0.05) is 0 Å². The Kier molecular flexibility index (Phi) is 3.54. The first-order valence-electron chi connectivity index (χ1n) is 0.942. The maximum absolute atomic E-state index is 9.40. The largest absolute Gasteiger partial charge is 0.265 e. The lowest BCUT2D eigenvalue weighted by Gasteiger charge is -1.39. The monoisotopic (exact) mass is 220 g/mol. The Morgan fingerprint density at radius 1 is 1.50 bits per heavy atom. The minimum absolute atomic E-state index is 0.763. The Labute approximate surface area is 46.5 Å². The summed E-state index contributed by atoms with van der Waals surface area (Å²) in [7, 11) is -2.20. The molecule has 5 heteroatoms. The molecular formula is CHIO3S. The summed E-state index contributed by atoms with van der Waals surface area (Å²) in [5.41, 5.74) is 0. The highest BCUT2D eigenvalue weighted by atomic mass is 127. The zero-order valence-electron chi connectivity index (χ0n) is 2.59. The highest BCUT2D eigenvalue weighted by molar-refractivity contribution is 14.2. The van der Waals surface area contributed by atoms with Crippen molar-refractivity contribution in [2.24, 2.45) is 0 Å². The van der Waals surface area contributed by atoms with E-state index >= 15 is 0 Å². The lowest BCUT2D eigenvalue weighted by molar-refractivity contribution is 0.627. The van der Waals surface area contributed by atoms with Crippen LogP contribution in [0.5, 0.6) is 0 Å². The molecule has 0 aliphatic carbocycles. The molecule has 0 aliphatic heterocycles. The van der Waals surface area contributed by atoms with E-state index in [0.29, 0.717) is 0 Å². The van der Waals surface area contributed by atoms with Gasteiger partial charge in [0, 0.05) is 0 Å². The summed E-state index contributed by atoms with van der Waals surface area (Å²) in [5, 5.41) is 0. The van der Waals surface area contributed by atoms with Crippen molar-refractivity contribution in [3.63, 3.8) is 0 Å². The quantitative estimate of drug-likeness (QED) is 0.353. The Morgan fingerprint density at radius 3 is 2.00 bits per heavy atom. The van der Waals surface area contributed by atoms with Gasteiger partial charge < -0.3 is 0 Å². The Bertz CT molecular complexity index is 146. The van der Waals surface area contributed by atoms with Crippen LogP contribution < -0.4 is 0 Å². The van der Waals surface area contributed by atoms with Gasteiger partial charge in [-0.25, -0.2) is 0 Å². The molecule has 0 N–H and O–H groups in total. The lowest BCUT2D eigenvalue weighted by atomic mass is 12.0. The van der Waals surface area contributed by atoms with Crippen LogP contribution in [0.15, 0.2) is 0 Å². The number of hydrogen-bond donors (Lipinski definition) is 0. The molecule has 6 heavy (non-hydrogen) atoms. The maximum Gasteiger partial charge on any atom is 0.222 e. The fraction of sp³-hybridized carbons (Fsp3) is 0. The van der Waals surface area contributed by atoms with Crippen molar-refractivity contribution in [2.45, 2.75) is 0 Å². The number of halogens is 1. The second kappa shape index (κ2) is 3.41. The molecule has 36 valence electrons. The van der Waals surface area contributed by atoms with Gasteiger partial charge in [-0.05, 0) is 0 Å².